The number of rotatable bonds is 0. The fourth-order valence-corrected chi connectivity index (χ4v) is 1.03. The highest BCUT2D eigenvalue weighted by molar-refractivity contribution is 5.31. The van der Waals surface area contributed by atoms with Gasteiger partial charge in [-0.1, -0.05) is 23.3 Å². The van der Waals surface area contributed by atoms with E-state index in [1.54, 1.807) is 6.08 Å². The van der Waals surface area contributed by atoms with Gasteiger partial charge in [0.25, 0.3) is 0 Å². The third kappa shape index (κ3) is 1.83. The lowest BCUT2D eigenvalue weighted by Crippen LogP contribution is -1.75. The van der Waals surface area contributed by atoms with E-state index in [1.165, 1.54) is 6.08 Å². The standard InChI is InChI=1S/C9H11F/c1-7-3-4-9(10)6-8(2)5-7/h3-5H,6H2,1-2H3. The van der Waals surface area contributed by atoms with Crippen LogP contribution < -0.4 is 0 Å². The van der Waals surface area contributed by atoms with Gasteiger partial charge in [0.2, 0.25) is 0 Å². The van der Waals surface area contributed by atoms with E-state index < -0.39 is 0 Å². The molecule has 0 unspecified atom stereocenters. The maximum atomic E-state index is 12.6. The second-order valence-corrected chi connectivity index (χ2v) is 2.69. The molecule has 1 aliphatic rings. The van der Waals surface area contributed by atoms with Gasteiger partial charge < -0.3 is 0 Å². The number of allylic oxidation sites excluding steroid dienone is 6. The minimum absolute atomic E-state index is 0.0504. The maximum absolute atomic E-state index is 12.6. The first-order valence-corrected chi connectivity index (χ1v) is 3.38. The maximum Gasteiger partial charge on any atom is 0.104 e. The first kappa shape index (κ1) is 7.26. The summed E-state index contributed by atoms with van der Waals surface area (Å²) in [6, 6.07) is 0. The molecule has 1 aliphatic carbocycles. The van der Waals surface area contributed by atoms with Gasteiger partial charge in [-0.05, 0) is 19.9 Å². The van der Waals surface area contributed by atoms with Gasteiger partial charge >= 0.3 is 0 Å². The second kappa shape index (κ2) is 2.82. The zero-order valence-electron chi connectivity index (χ0n) is 6.32. The predicted molar refractivity (Wildman–Crippen MR) is 41.3 cm³/mol. The average Bonchev–Trinajstić information content (AvgIpc) is 1.93. The van der Waals surface area contributed by atoms with Crippen LogP contribution in [0.4, 0.5) is 4.39 Å². The van der Waals surface area contributed by atoms with Gasteiger partial charge in [-0.15, -0.1) is 0 Å². The minimum atomic E-state index is -0.0504. The summed E-state index contributed by atoms with van der Waals surface area (Å²) in [5.74, 6) is -0.0504. The van der Waals surface area contributed by atoms with Crippen molar-refractivity contribution in [3.63, 3.8) is 0 Å². The number of hydrogen-bond acceptors (Lipinski definition) is 0. The summed E-state index contributed by atoms with van der Waals surface area (Å²) in [6.07, 6.45) is 5.80. The molecule has 0 aromatic carbocycles. The van der Waals surface area contributed by atoms with E-state index in [9.17, 15) is 4.39 Å². The fourth-order valence-electron chi connectivity index (χ4n) is 1.03. The molecule has 0 aromatic rings. The molecule has 0 saturated carbocycles. The summed E-state index contributed by atoms with van der Waals surface area (Å²) in [6.45, 7) is 3.91. The van der Waals surface area contributed by atoms with Crippen LogP contribution in [-0.4, -0.2) is 0 Å². The Kier molecular flexibility index (Phi) is 2.05. The van der Waals surface area contributed by atoms with E-state index in [1.807, 2.05) is 19.9 Å². The molecule has 0 aromatic heterocycles. The molecular weight excluding hydrogens is 127 g/mol. The molecule has 0 fully saturated rings. The van der Waals surface area contributed by atoms with Gasteiger partial charge in [0.15, 0.2) is 0 Å². The van der Waals surface area contributed by atoms with Gasteiger partial charge in [-0.2, -0.15) is 0 Å². The van der Waals surface area contributed by atoms with Crippen molar-refractivity contribution >= 4 is 0 Å². The van der Waals surface area contributed by atoms with Crippen LogP contribution in [0.25, 0.3) is 0 Å². The average molecular weight is 138 g/mol. The molecule has 0 N–H and O–H groups in total. The lowest BCUT2D eigenvalue weighted by molar-refractivity contribution is 0.612. The predicted octanol–water partition coefficient (Wildman–Crippen LogP) is 3.14. The van der Waals surface area contributed by atoms with Crippen molar-refractivity contribution in [3.05, 3.63) is 35.2 Å². The first-order valence-electron chi connectivity index (χ1n) is 3.38. The Morgan fingerprint density at radius 3 is 2.70 bits per heavy atom. The van der Waals surface area contributed by atoms with Crippen molar-refractivity contribution < 1.29 is 4.39 Å². The van der Waals surface area contributed by atoms with E-state index in [0.29, 0.717) is 6.42 Å². The lowest BCUT2D eigenvalue weighted by Gasteiger charge is -1.93. The molecule has 0 spiro atoms. The van der Waals surface area contributed by atoms with Crippen molar-refractivity contribution in [2.45, 2.75) is 20.3 Å². The topological polar surface area (TPSA) is 0 Å². The first-order chi connectivity index (χ1) is 4.68. The zero-order valence-corrected chi connectivity index (χ0v) is 6.32. The Hall–Kier alpha value is -0.850. The molecule has 1 rings (SSSR count). The van der Waals surface area contributed by atoms with E-state index in [2.05, 4.69) is 0 Å². The highest BCUT2D eigenvalue weighted by atomic mass is 19.1. The van der Waals surface area contributed by atoms with Crippen molar-refractivity contribution in [3.8, 4) is 0 Å². The third-order valence-corrected chi connectivity index (χ3v) is 1.45. The summed E-state index contributed by atoms with van der Waals surface area (Å²) >= 11 is 0. The van der Waals surface area contributed by atoms with Crippen LogP contribution in [0.3, 0.4) is 0 Å². The Labute approximate surface area is 60.7 Å². The highest BCUT2D eigenvalue weighted by Gasteiger charge is 1.99. The van der Waals surface area contributed by atoms with E-state index in [-0.39, 0.29) is 5.83 Å². The lowest BCUT2D eigenvalue weighted by atomic mass is 10.2. The Morgan fingerprint density at radius 2 is 2.00 bits per heavy atom. The van der Waals surface area contributed by atoms with E-state index in [4.69, 9.17) is 0 Å². The minimum Gasteiger partial charge on any atom is -0.211 e. The van der Waals surface area contributed by atoms with Crippen molar-refractivity contribution in [2.24, 2.45) is 0 Å². The van der Waals surface area contributed by atoms with Crippen LogP contribution >= 0.6 is 0 Å². The highest BCUT2D eigenvalue weighted by Crippen LogP contribution is 2.17. The van der Waals surface area contributed by atoms with Crippen LogP contribution in [0, 0.1) is 0 Å². The number of hydrogen-bond donors (Lipinski definition) is 0. The molecule has 0 nitrogen and oxygen atoms in total. The molecule has 0 atom stereocenters. The van der Waals surface area contributed by atoms with Crippen molar-refractivity contribution in [2.75, 3.05) is 0 Å². The van der Waals surface area contributed by atoms with E-state index in [0.717, 1.165) is 11.1 Å². The summed E-state index contributed by atoms with van der Waals surface area (Å²) < 4.78 is 12.6. The molecule has 0 aliphatic heterocycles. The van der Waals surface area contributed by atoms with Gasteiger partial charge in [0, 0.05) is 6.42 Å². The third-order valence-electron chi connectivity index (χ3n) is 1.45. The van der Waals surface area contributed by atoms with Crippen molar-refractivity contribution in [1.29, 1.82) is 0 Å². The second-order valence-electron chi connectivity index (χ2n) is 2.69. The van der Waals surface area contributed by atoms with Crippen LogP contribution in [0.5, 0.6) is 0 Å². The molecule has 0 heterocycles. The van der Waals surface area contributed by atoms with Gasteiger partial charge in [0.1, 0.15) is 5.83 Å². The summed E-state index contributed by atoms with van der Waals surface area (Å²) in [5.41, 5.74) is 2.20. The molecule has 10 heavy (non-hydrogen) atoms. The van der Waals surface area contributed by atoms with Crippen LogP contribution in [0.1, 0.15) is 20.3 Å². The molecule has 1 heteroatoms. The fraction of sp³-hybridized carbons (Fsp3) is 0.333. The molecule has 0 radical (unpaired) electrons. The van der Waals surface area contributed by atoms with Gasteiger partial charge in [0.05, 0.1) is 0 Å². The monoisotopic (exact) mass is 138 g/mol. The molecule has 0 bridgehead atoms. The molecule has 0 saturated heterocycles. The van der Waals surface area contributed by atoms with E-state index >= 15 is 0 Å². The summed E-state index contributed by atoms with van der Waals surface area (Å²) in [4.78, 5) is 0. The quantitative estimate of drug-likeness (QED) is 0.482. The molecule has 54 valence electrons. The largest absolute Gasteiger partial charge is 0.211 e. The normalized spacial score (nSPS) is 18.9. The molecule has 0 amide bonds. The Bertz CT molecular complexity index is 219. The summed E-state index contributed by atoms with van der Waals surface area (Å²) in [5, 5.41) is 0. The van der Waals surface area contributed by atoms with Crippen LogP contribution in [-0.2, 0) is 0 Å². The summed E-state index contributed by atoms with van der Waals surface area (Å²) in [7, 11) is 0. The SMILES string of the molecule is CC1=CC=C(F)CC(C)=C1. The van der Waals surface area contributed by atoms with Crippen LogP contribution in [0.15, 0.2) is 35.2 Å². The van der Waals surface area contributed by atoms with Gasteiger partial charge in [-0.3, -0.25) is 0 Å². The Balaban J connectivity index is 2.90. The Morgan fingerprint density at radius 1 is 1.30 bits per heavy atom. The smallest absolute Gasteiger partial charge is 0.104 e. The van der Waals surface area contributed by atoms with Crippen LogP contribution in [0.2, 0.25) is 0 Å². The van der Waals surface area contributed by atoms with Gasteiger partial charge in [-0.25, -0.2) is 4.39 Å². The zero-order chi connectivity index (χ0) is 7.56. The van der Waals surface area contributed by atoms with Crippen molar-refractivity contribution in [1.82, 2.24) is 0 Å². The number of halogens is 1. The molecular formula is C9H11F.